The summed E-state index contributed by atoms with van der Waals surface area (Å²) in [6.07, 6.45) is 1.22. The van der Waals surface area contributed by atoms with Crippen LogP contribution in [0.15, 0.2) is 34.8 Å². The van der Waals surface area contributed by atoms with Crippen molar-refractivity contribution >= 4 is 56.2 Å². The van der Waals surface area contributed by atoms with E-state index in [0.29, 0.717) is 17.1 Å². The number of aryl methyl sites for hydroxylation is 1. The van der Waals surface area contributed by atoms with Crippen molar-refractivity contribution < 1.29 is 4.79 Å². The van der Waals surface area contributed by atoms with Gasteiger partial charge in [0.1, 0.15) is 0 Å². The Labute approximate surface area is 135 Å². The number of fused-ring (bicyclic) bond motifs is 1. The second kappa shape index (κ2) is 5.58. The Balaban J connectivity index is 1.93. The zero-order chi connectivity index (χ0) is 15.0. The topological polar surface area (TPSA) is 67.2 Å². The molecule has 0 aromatic heterocycles. The summed E-state index contributed by atoms with van der Waals surface area (Å²) in [6.45, 7) is 0. The molecule has 0 saturated carbocycles. The first-order chi connectivity index (χ1) is 10.0. The first-order valence-electron chi connectivity index (χ1n) is 6.47. The predicted molar refractivity (Wildman–Crippen MR) is 90.2 cm³/mol. The van der Waals surface area contributed by atoms with Gasteiger partial charge in [0.05, 0.1) is 16.4 Å². The number of hydrogen-bond acceptors (Lipinski definition) is 3. The summed E-state index contributed by atoms with van der Waals surface area (Å²) in [5, 5.41) is 6.75. The third kappa shape index (κ3) is 2.99. The van der Waals surface area contributed by atoms with Crippen molar-refractivity contribution in [2.24, 2.45) is 0 Å². The number of benzene rings is 2. The maximum absolute atomic E-state index is 11.5. The van der Waals surface area contributed by atoms with Gasteiger partial charge >= 0.3 is 0 Å². The summed E-state index contributed by atoms with van der Waals surface area (Å²) in [5.74, 6) is 0.0347. The minimum atomic E-state index is 0.0347. The monoisotopic (exact) mass is 365 g/mol. The van der Waals surface area contributed by atoms with E-state index in [9.17, 15) is 4.79 Å². The molecule has 0 radical (unpaired) electrons. The summed E-state index contributed by atoms with van der Waals surface area (Å²) < 4.78 is 0.805. The van der Waals surface area contributed by atoms with Crippen LogP contribution in [0.4, 0.5) is 22.7 Å². The fourth-order valence-corrected chi connectivity index (χ4v) is 2.78. The van der Waals surface area contributed by atoms with Crippen molar-refractivity contribution in [3.8, 4) is 0 Å². The summed E-state index contributed by atoms with van der Waals surface area (Å²) in [6, 6.07) is 9.31. The van der Waals surface area contributed by atoms with Gasteiger partial charge in [-0.25, -0.2) is 0 Å². The van der Waals surface area contributed by atoms with E-state index in [4.69, 9.17) is 17.3 Å². The minimum Gasteiger partial charge on any atom is -0.397 e. The lowest BCUT2D eigenvalue weighted by Crippen LogP contribution is -2.19. The molecule has 0 bridgehead atoms. The summed E-state index contributed by atoms with van der Waals surface area (Å²) in [5.41, 5.74) is 10.2. The Morgan fingerprint density at radius 3 is 2.81 bits per heavy atom. The molecule has 0 spiro atoms. The van der Waals surface area contributed by atoms with Crippen LogP contribution in [0.3, 0.4) is 0 Å². The molecule has 6 heteroatoms. The molecular weight excluding hydrogens is 354 g/mol. The molecule has 1 amide bonds. The average molecular weight is 367 g/mol. The molecule has 0 saturated heterocycles. The number of halogens is 2. The van der Waals surface area contributed by atoms with Crippen LogP contribution in [0, 0.1) is 0 Å². The molecule has 2 aromatic rings. The summed E-state index contributed by atoms with van der Waals surface area (Å²) in [4.78, 5) is 11.5. The zero-order valence-corrected chi connectivity index (χ0v) is 13.4. The highest BCUT2D eigenvalue weighted by Gasteiger charge is 2.16. The van der Waals surface area contributed by atoms with E-state index in [1.54, 1.807) is 6.07 Å². The number of carbonyl (C=O) groups is 1. The number of amides is 1. The maximum atomic E-state index is 11.5. The number of nitrogen functional groups attached to an aromatic ring is 1. The molecule has 0 atom stereocenters. The summed E-state index contributed by atoms with van der Waals surface area (Å²) >= 11 is 9.36. The molecule has 3 rings (SSSR count). The van der Waals surface area contributed by atoms with E-state index in [-0.39, 0.29) is 5.91 Å². The molecule has 108 valence electrons. The molecule has 4 nitrogen and oxygen atoms in total. The Morgan fingerprint density at radius 1 is 1.24 bits per heavy atom. The summed E-state index contributed by atoms with van der Waals surface area (Å²) in [7, 11) is 0. The van der Waals surface area contributed by atoms with Gasteiger partial charge in [-0.05, 0) is 58.2 Å². The van der Waals surface area contributed by atoms with E-state index < -0.39 is 0 Å². The normalized spacial score (nSPS) is 13.5. The van der Waals surface area contributed by atoms with Crippen LogP contribution >= 0.6 is 27.5 Å². The molecular formula is C15H13BrClN3O. The van der Waals surface area contributed by atoms with Crippen LogP contribution in [0.1, 0.15) is 12.0 Å². The van der Waals surface area contributed by atoms with E-state index in [0.717, 1.165) is 33.5 Å². The molecule has 0 aliphatic carbocycles. The number of nitrogens with one attached hydrogen (secondary N) is 2. The van der Waals surface area contributed by atoms with E-state index >= 15 is 0 Å². The third-order valence-electron chi connectivity index (χ3n) is 3.37. The number of anilines is 4. The van der Waals surface area contributed by atoms with Gasteiger partial charge in [0, 0.05) is 22.3 Å². The molecule has 0 unspecified atom stereocenters. The first kappa shape index (κ1) is 14.2. The second-order valence-electron chi connectivity index (χ2n) is 4.90. The van der Waals surface area contributed by atoms with Crippen LogP contribution in [0.5, 0.6) is 0 Å². The third-order valence-corrected chi connectivity index (χ3v) is 4.58. The fourth-order valence-electron chi connectivity index (χ4n) is 2.29. The predicted octanol–water partition coefficient (Wildman–Crippen LogP) is 4.31. The highest BCUT2D eigenvalue weighted by Crippen LogP contribution is 2.34. The highest BCUT2D eigenvalue weighted by atomic mass is 79.9. The van der Waals surface area contributed by atoms with Crippen molar-refractivity contribution in [1.29, 1.82) is 0 Å². The fraction of sp³-hybridized carbons (Fsp3) is 0.133. The molecule has 4 N–H and O–H groups in total. The lowest BCUT2D eigenvalue weighted by molar-refractivity contribution is -0.116. The SMILES string of the molecule is Nc1cc2c(cc1Nc1ccc(Cl)c(Br)c1)NC(=O)CC2. The van der Waals surface area contributed by atoms with Gasteiger partial charge in [-0.1, -0.05) is 11.6 Å². The molecule has 2 aromatic carbocycles. The van der Waals surface area contributed by atoms with E-state index in [1.807, 2.05) is 24.3 Å². The molecule has 1 aliphatic rings. The number of carbonyl (C=O) groups excluding carboxylic acids is 1. The number of nitrogens with two attached hydrogens (primary N) is 1. The molecule has 1 heterocycles. The number of rotatable bonds is 2. The van der Waals surface area contributed by atoms with Gasteiger partial charge in [0.15, 0.2) is 0 Å². The zero-order valence-electron chi connectivity index (χ0n) is 11.0. The van der Waals surface area contributed by atoms with Crippen LogP contribution in [-0.2, 0) is 11.2 Å². The van der Waals surface area contributed by atoms with Gasteiger partial charge < -0.3 is 16.4 Å². The van der Waals surface area contributed by atoms with Crippen molar-refractivity contribution in [3.05, 3.63) is 45.4 Å². The molecule has 21 heavy (non-hydrogen) atoms. The lowest BCUT2D eigenvalue weighted by atomic mass is 10.0. The van der Waals surface area contributed by atoms with Gasteiger partial charge in [-0.2, -0.15) is 0 Å². The van der Waals surface area contributed by atoms with Crippen molar-refractivity contribution in [3.63, 3.8) is 0 Å². The highest BCUT2D eigenvalue weighted by molar-refractivity contribution is 9.10. The maximum Gasteiger partial charge on any atom is 0.224 e. The van der Waals surface area contributed by atoms with Gasteiger partial charge in [0.2, 0.25) is 5.91 Å². The quantitative estimate of drug-likeness (QED) is 0.694. The average Bonchev–Trinajstić information content (AvgIpc) is 2.44. The Hall–Kier alpha value is -1.72. The van der Waals surface area contributed by atoms with E-state index in [1.165, 1.54) is 0 Å². The second-order valence-corrected chi connectivity index (χ2v) is 6.16. The smallest absolute Gasteiger partial charge is 0.224 e. The van der Waals surface area contributed by atoms with Gasteiger partial charge in [0.25, 0.3) is 0 Å². The van der Waals surface area contributed by atoms with Gasteiger partial charge in [-0.3, -0.25) is 4.79 Å². The van der Waals surface area contributed by atoms with Crippen LogP contribution in [0.25, 0.3) is 0 Å². The first-order valence-corrected chi connectivity index (χ1v) is 7.64. The lowest BCUT2D eigenvalue weighted by Gasteiger charge is -2.20. The standard InChI is InChI=1S/C15H13BrClN3O/c16-10-6-9(2-3-11(10)17)19-14-7-13-8(5-12(14)18)1-4-15(21)20-13/h2-3,5-7,19H,1,4,18H2,(H,20,21). The molecule has 1 aliphatic heterocycles. The Bertz CT molecular complexity index is 733. The van der Waals surface area contributed by atoms with Crippen molar-refractivity contribution in [2.45, 2.75) is 12.8 Å². The van der Waals surface area contributed by atoms with Crippen molar-refractivity contribution in [2.75, 3.05) is 16.4 Å². The van der Waals surface area contributed by atoms with Crippen LogP contribution in [-0.4, -0.2) is 5.91 Å². The van der Waals surface area contributed by atoms with E-state index in [2.05, 4.69) is 26.6 Å². The Morgan fingerprint density at radius 2 is 2.05 bits per heavy atom. The number of hydrogen-bond donors (Lipinski definition) is 3. The van der Waals surface area contributed by atoms with Crippen LogP contribution < -0.4 is 16.4 Å². The molecule has 0 fully saturated rings. The Kier molecular flexibility index (Phi) is 3.78. The van der Waals surface area contributed by atoms with Crippen LogP contribution in [0.2, 0.25) is 5.02 Å². The van der Waals surface area contributed by atoms with Crippen molar-refractivity contribution in [1.82, 2.24) is 0 Å². The minimum absolute atomic E-state index is 0.0347. The van der Waals surface area contributed by atoms with Gasteiger partial charge in [-0.15, -0.1) is 0 Å². The largest absolute Gasteiger partial charge is 0.397 e.